The Kier molecular flexibility index (Phi) is 4.12. The van der Waals surface area contributed by atoms with Gasteiger partial charge in [0.15, 0.2) is 4.80 Å². The molecule has 2 aromatic heterocycles. The molecule has 0 atom stereocenters. The number of hydrogen-bond donors (Lipinski definition) is 0. The number of thiophene rings is 1. The van der Waals surface area contributed by atoms with E-state index >= 15 is 0 Å². The van der Waals surface area contributed by atoms with Crippen molar-refractivity contribution < 1.29 is 4.79 Å². The van der Waals surface area contributed by atoms with E-state index in [1.165, 1.54) is 29.0 Å². The number of fused-ring (bicyclic) bond motifs is 1. The van der Waals surface area contributed by atoms with E-state index in [0.29, 0.717) is 0 Å². The van der Waals surface area contributed by atoms with Crippen LogP contribution in [0.15, 0.2) is 16.4 Å². The smallest absolute Gasteiger partial charge is 0.289 e. The molecule has 0 fully saturated rings. The van der Waals surface area contributed by atoms with Gasteiger partial charge in [0.1, 0.15) is 0 Å². The second kappa shape index (κ2) is 5.78. The van der Waals surface area contributed by atoms with Crippen LogP contribution in [0, 0.1) is 0 Å². The third-order valence-electron chi connectivity index (χ3n) is 4.10. The van der Waals surface area contributed by atoms with Gasteiger partial charge < -0.3 is 4.57 Å². The average molecular weight is 335 g/mol. The minimum absolute atomic E-state index is 0.0596. The van der Waals surface area contributed by atoms with Gasteiger partial charge in [-0.3, -0.25) is 4.79 Å². The van der Waals surface area contributed by atoms with E-state index in [0.717, 1.165) is 22.5 Å². The van der Waals surface area contributed by atoms with Crippen molar-refractivity contribution in [1.82, 2.24) is 4.57 Å². The van der Waals surface area contributed by atoms with Crippen molar-refractivity contribution in [3.63, 3.8) is 0 Å². The van der Waals surface area contributed by atoms with Crippen LogP contribution < -0.4 is 4.80 Å². The fourth-order valence-electron chi connectivity index (χ4n) is 2.89. The molecule has 1 aliphatic carbocycles. The number of aryl methyl sites for hydroxylation is 2. The molecule has 5 heteroatoms. The molecule has 0 saturated carbocycles. The molecule has 2 aromatic rings. The zero-order valence-electron chi connectivity index (χ0n) is 13.6. The Bertz CT molecular complexity index is 748. The van der Waals surface area contributed by atoms with Gasteiger partial charge in [0.25, 0.3) is 5.91 Å². The molecule has 0 aliphatic heterocycles. The molecule has 1 aliphatic rings. The topological polar surface area (TPSA) is 34.4 Å². The molecular weight excluding hydrogens is 312 g/mol. The fraction of sp³-hybridized carbons (Fsp3) is 0.529. The van der Waals surface area contributed by atoms with Crippen LogP contribution in [0.1, 0.15) is 59.4 Å². The van der Waals surface area contributed by atoms with Gasteiger partial charge in [-0.05, 0) is 37.3 Å². The minimum atomic E-state index is -0.0997. The predicted octanol–water partition coefficient (Wildman–Crippen LogP) is 4.07. The summed E-state index contributed by atoms with van der Waals surface area (Å²) in [5.74, 6) is -0.0997. The first-order valence-electron chi connectivity index (χ1n) is 7.72. The van der Waals surface area contributed by atoms with Crippen LogP contribution in [0.3, 0.4) is 0 Å². The van der Waals surface area contributed by atoms with Gasteiger partial charge in [-0.1, -0.05) is 20.8 Å². The molecule has 0 bridgehead atoms. The molecule has 0 aromatic carbocycles. The number of thiazole rings is 1. The number of amides is 1. The summed E-state index contributed by atoms with van der Waals surface area (Å²) < 4.78 is 2.04. The van der Waals surface area contributed by atoms with Gasteiger partial charge >= 0.3 is 0 Å². The standard InChI is InChI=1S/C17H22N2OS2/c1-17(2,3)14-10-21-16(19(14)4)18-15(20)13-9-11-7-5-6-8-12(11)22-13/h9-10H,5-8H2,1-4H3. The zero-order valence-corrected chi connectivity index (χ0v) is 15.2. The second-order valence-electron chi connectivity index (χ2n) is 6.90. The van der Waals surface area contributed by atoms with Crippen LogP contribution in [-0.2, 0) is 25.3 Å². The van der Waals surface area contributed by atoms with Crippen LogP contribution in [0.2, 0.25) is 0 Å². The molecule has 3 nitrogen and oxygen atoms in total. The van der Waals surface area contributed by atoms with E-state index in [1.54, 1.807) is 22.7 Å². The van der Waals surface area contributed by atoms with Crippen molar-refractivity contribution in [3.8, 4) is 0 Å². The number of nitrogens with zero attached hydrogens (tertiary/aromatic N) is 2. The summed E-state index contributed by atoms with van der Waals surface area (Å²) in [6.07, 6.45) is 4.71. The number of carbonyl (C=O) groups is 1. The quantitative estimate of drug-likeness (QED) is 0.774. The highest BCUT2D eigenvalue weighted by Gasteiger charge is 2.20. The maximum absolute atomic E-state index is 12.5. The number of aromatic nitrogens is 1. The lowest BCUT2D eigenvalue weighted by atomic mass is 9.93. The Hall–Kier alpha value is -1.20. The highest BCUT2D eigenvalue weighted by atomic mass is 32.1. The predicted molar refractivity (Wildman–Crippen MR) is 92.8 cm³/mol. The first kappa shape index (κ1) is 15.7. The third-order valence-corrected chi connectivity index (χ3v) is 6.24. The van der Waals surface area contributed by atoms with E-state index in [1.807, 2.05) is 11.6 Å². The number of carbonyl (C=O) groups excluding carboxylic acids is 1. The summed E-state index contributed by atoms with van der Waals surface area (Å²) in [6.45, 7) is 6.52. The maximum Gasteiger partial charge on any atom is 0.289 e. The molecule has 0 N–H and O–H groups in total. The van der Waals surface area contributed by atoms with Gasteiger partial charge in [-0.25, -0.2) is 0 Å². The lowest BCUT2D eigenvalue weighted by Crippen LogP contribution is -2.22. The van der Waals surface area contributed by atoms with E-state index in [-0.39, 0.29) is 11.3 Å². The van der Waals surface area contributed by atoms with Gasteiger partial charge in [0, 0.05) is 28.4 Å². The summed E-state index contributed by atoms with van der Waals surface area (Å²) in [5.41, 5.74) is 2.62. The van der Waals surface area contributed by atoms with E-state index in [2.05, 4.69) is 37.2 Å². The van der Waals surface area contributed by atoms with Crippen molar-refractivity contribution >= 4 is 28.6 Å². The average Bonchev–Trinajstić information content (AvgIpc) is 3.02. The van der Waals surface area contributed by atoms with Crippen molar-refractivity contribution in [2.75, 3.05) is 0 Å². The van der Waals surface area contributed by atoms with E-state index < -0.39 is 0 Å². The summed E-state index contributed by atoms with van der Waals surface area (Å²) in [6, 6.07) is 2.06. The molecular formula is C17H22N2OS2. The molecule has 1 amide bonds. The molecule has 0 radical (unpaired) electrons. The van der Waals surface area contributed by atoms with E-state index in [9.17, 15) is 4.79 Å². The Morgan fingerprint density at radius 1 is 1.27 bits per heavy atom. The first-order valence-corrected chi connectivity index (χ1v) is 9.41. The second-order valence-corrected chi connectivity index (χ2v) is 8.87. The monoisotopic (exact) mass is 334 g/mol. The highest BCUT2D eigenvalue weighted by Crippen LogP contribution is 2.30. The normalized spacial score (nSPS) is 15.9. The molecule has 0 saturated heterocycles. The number of hydrogen-bond acceptors (Lipinski definition) is 3. The van der Waals surface area contributed by atoms with Crippen LogP contribution in [0.4, 0.5) is 0 Å². The fourth-order valence-corrected chi connectivity index (χ4v) is 5.15. The van der Waals surface area contributed by atoms with Crippen molar-refractivity contribution in [1.29, 1.82) is 0 Å². The minimum Gasteiger partial charge on any atom is -0.323 e. The first-order chi connectivity index (χ1) is 10.4. The third kappa shape index (κ3) is 2.97. The number of rotatable bonds is 1. The summed E-state index contributed by atoms with van der Waals surface area (Å²) in [4.78, 5) is 19.8. The van der Waals surface area contributed by atoms with Gasteiger partial charge in [0.2, 0.25) is 0 Å². The summed E-state index contributed by atoms with van der Waals surface area (Å²) in [5, 5.41) is 2.10. The van der Waals surface area contributed by atoms with Crippen molar-refractivity contribution in [3.05, 3.63) is 37.3 Å². The Morgan fingerprint density at radius 3 is 2.64 bits per heavy atom. The SMILES string of the molecule is Cn1c(C(C)(C)C)csc1=NC(=O)c1cc2c(s1)CCCC2. The Morgan fingerprint density at radius 2 is 2.00 bits per heavy atom. The van der Waals surface area contributed by atoms with Crippen LogP contribution in [0.25, 0.3) is 0 Å². The van der Waals surface area contributed by atoms with Gasteiger partial charge in [0.05, 0.1) is 4.88 Å². The van der Waals surface area contributed by atoms with Gasteiger partial charge in [-0.15, -0.1) is 22.7 Å². The molecule has 118 valence electrons. The van der Waals surface area contributed by atoms with Gasteiger partial charge in [-0.2, -0.15) is 4.99 Å². The van der Waals surface area contributed by atoms with Crippen LogP contribution in [0.5, 0.6) is 0 Å². The molecule has 0 spiro atoms. The largest absolute Gasteiger partial charge is 0.323 e. The maximum atomic E-state index is 12.5. The van der Waals surface area contributed by atoms with Crippen LogP contribution in [-0.4, -0.2) is 10.5 Å². The summed E-state index contributed by atoms with van der Waals surface area (Å²) >= 11 is 3.17. The Labute approximate surface area is 139 Å². The molecule has 22 heavy (non-hydrogen) atoms. The van der Waals surface area contributed by atoms with Crippen LogP contribution >= 0.6 is 22.7 Å². The lowest BCUT2D eigenvalue weighted by molar-refractivity contribution is 0.100. The van der Waals surface area contributed by atoms with Crippen molar-refractivity contribution in [2.24, 2.45) is 12.0 Å². The molecule has 3 rings (SSSR count). The van der Waals surface area contributed by atoms with Crippen molar-refractivity contribution in [2.45, 2.75) is 51.9 Å². The Balaban J connectivity index is 1.93. The highest BCUT2D eigenvalue weighted by molar-refractivity contribution is 7.14. The molecule has 2 heterocycles. The van der Waals surface area contributed by atoms with E-state index in [4.69, 9.17) is 0 Å². The summed E-state index contributed by atoms with van der Waals surface area (Å²) in [7, 11) is 1.99. The lowest BCUT2D eigenvalue weighted by Gasteiger charge is -2.18. The molecule has 0 unspecified atom stereocenters. The zero-order chi connectivity index (χ0) is 15.9.